The van der Waals surface area contributed by atoms with E-state index >= 15 is 0 Å². The predicted molar refractivity (Wildman–Crippen MR) is 46.0 cm³/mol. The summed E-state index contributed by atoms with van der Waals surface area (Å²) in [6, 6.07) is 2.00. The first-order valence-electron chi connectivity index (χ1n) is 3.36. The molecule has 0 atom stereocenters. The highest BCUT2D eigenvalue weighted by Gasteiger charge is 2.31. The minimum absolute atomic E-state index is 0.237. The van der Waals surface area contributed by atoms with Crippen molar-refractivity contribution in [1.82, 2.24) is 0 Å². The minimum atomic E-state index is -3.24. The Bertz CT molecular complexity index is 331. The maximum atomic E-state index is 12.8. The molecule has 0 aromatic heterocycles. The van der Waals surface area contributed by atoms with Crippen molar-refractivity contribution in [2.75, 3.05) is 0 Å². The fraction of sp³-hybridized carbons (Fsp3) is 0.250. The average Bonchev–Trinajstić information content (AvgIpc) is 1.95. The molecule has 0 nitrogen and oxygen atoms in total. The van der Waals surface area contributed by atoms with Crippen LogP contribution >= 0.6 is 23.2 Å². The standard InChI is InChI=1S/C8H5Cl2F3/c1-8(12,13)6-4(9)2-3-5(11)7(6)10/h2-3H,1H3. The molecule has 1 aromatic carbocycles. The molecule has 0 saturated carbocycles. The van der Waals surface area contributed by atoms with Crippen LogP contribution in [0.4, 0.5) is 13.2 Å². The number of rotatable bonds is 1. The van der Waals surface area contributed by atoms with Gasteiger partial charge in [-0.25, -0.2) is 13.2 Å². The number of hydrogen-bond donors (Lipinski definition) is 0. The molecule has 0 bridgehead atoms. The molecule has 5 heteroatoms. The number of benzene rings is 1. The van der Waals surface area contributed by atoms with Crippen molar-refractivity contribution in [1.29, 1.82) is 0 Å². The molecule has 0 N–H and O–H groups in total. The lowest BCUT2D eigenvalue weighted by Gasteiger charge is -2.14. The summed E-state index contributed by atoms with van der Waals surface area (Å²) < 4.78 is 38.4. The summed E-state index contributed by atoms with van der Waals surface area (Å²) in [5.41, 5.74) is -0.671. The first kappa shape index (κ1) is 10.7. The van der Waals surface area contributed by atoms with E-state index in [1.54, 1.807) is 0 Å². The van der Waals surface area contributed by atoms with Crippen LogP contribution in [0.1, 0.15) is 12.5 Å². The summed E-state index contributed by atoms with van der Waals surface area (Å²) in [5, 5.41) is -0.862. The van der Waals surface area contributed by atoms with Gasteiger partial charge >= 0.3 is 0 Å². The summed E-state index contributed by atoms with van der Waals surface area (Å²) in [5.74, 6) is -4.14. The van der Waals surface area contributed by atoms with Gasteiger partial charge in [0.25, 0.3) is 5.92 Å². The van der Waals surface area contributed by atoms with E-state index in [1.807, 2.05) is 0 Å². The van der Waals surface area contributed by atoms with Gasteiger partial charge in [0.1, 0.15) is 5.82 Å². The normalized spacial score (nSPS) is 11.8. The molecule has 0 aliphatic carbocycles. The Labute approximate surface area is 83.3 Å². The fourth-order valence-electron chi connectivity index (χ4n) is 0.929. The van der Waals surface area contributed by atoms with Gasteiger partial charge in [-0.05, 0) is 12.1 Å². The summed E-state index contributed by atoms with van der Waals surface area (Å²) in [7, 11) is 0. The van der Waals surface area contributed by atoms with Gasteiger partial charge in [-0.15, -0.1) is 0 Å². The molecule has 0 spiro atoms. The average molecular weight is 229 g/mol. The maximum absolute atomic E-state index is 12.8. The van der Waals surface area contributed by atoms with Crippen molar-refractivity contribution in [3.63, 3.8) is 0 Å². The molecule has 72 valence electrons. The molecule has 0 fully saturated rings. The molecule has 1 rings (SSSR count). The van der Waals surface area contributed by atoms with E-state index in [1.165, 1.54) is 0 Å². The molecular weight excluding hydrogens is 224 g/mol. The van der Waals surface area contributed by atoms with Crippen LogP contribution in [0.5, 0.6) is 0 Å². The number of alkyl halides is 2. The molecule has 0 aliphatic heterocycles. The van der Waals surface area contributed by atoms with Gasteiger partial charge in [0.2, 0.25) is 0 Å². The largest absolute Gasteiger partial charge is 0.273 e. The van der Waals surface area contributed by atoms with Crippen molar-refractivity contribution in [2.24, 2.45) is 0 Å². The van der Waals surface area contributed by atoms with Crippen molar-refractivity contribution in [3.8, 4) is 0 Å². The third-order valence-electron chi connectivity index (χ3n) is 1.48. The van der Waals surface area contributed by atoms with Crippen molar-refractivity contribution in [3.05, 3.63) is 33.6 Å². The predicted octanol–water partition coefficient (Wildman–Crippen LogP) is 4.24. The summed E-state index contributed by atoms with van der Waals surface area (Å²) in [4.78, 5) is 0. The Morgan fingerprint density at radius 2 is 1.77 bits per heavy atom. The van der Waals surface area contributed by atoms with Crippen LogP contribution in [0.2, 0.25) is 10.0 Å². The van der Waals surface area contributed by atoms with Gasteiger partial charge < -0.3 is 0 Å². The highest BCUT2D eigenvalue weighted by atomic mass is 35.5. The molecular formula is C8H5Cl2F3. The second-order valence-corrected chi connectivity index (χ2v) is 3.39. The van der Waals surface area contributed by atoms with E-state index in [2.05, 4.69) is 0 Å². The van der Waals surface area contributed by atoms with Gasteiger partial charge in [0.15, 0.2) is 0 Å². The zero-order valence-electron chi connectivity index (χ0n) is 6.54. The third-order valence-corrected chi connectivity index (χ3v) is 2.17. The molecule has 0 amide bonds. The quantitative estimate of drug-likeness (QED) is 0.631. The van der Waals surface area contributed by atoms with E-state index in [-0.39, 0.29) is 5.02 Å². The SMILES string of the molecule is CC(F)(F)c1c(Cl)ccc(F)c1Cl. The van der Waals surface area contributed by atoms with Crippen LogP contribution in [-0.4, -0.2) is 0 Å². The van der Waals surface area contributed by atoms with Gasteiger partial charge in [-0.1, -0.05) is 23.2 Å². The number of halogens is 5. The van der Waals surface area contributed by atoms with E-state index < -0.39 is 22.3 Å². The molecule has 0 heterocycles. The second-order valence-electron chi connectivity index (χ2n) is 2.61. The van der Waals surface area contributed by atoms with E-state index in [4.69, 9.17) is 23.2 Å². The Kier molecular flexibility index (Phi) is 2.78. The Hall–Kier alpha value is -0.410. The lowest BCUT2D eigenvalue weighted by atomic mass is 10.1. The van der Waals surface area contributed by atoms with Crippen LogP contribution in [0, 0.1) is 5.82 Å². The summed E-state index contributed by atoms with van der Waals surface area (Å²) >= 11 is 10.8. The third kappa shape index (κ3) is 2.09. The minimum Gasteiger partial charge on any atom is -0.205 e. The summed E-state index contributed by atoms with van der Waals surface area (Å²) in [6.07, 6.45) is 0. The van der Waals surface area contributed by atoms with Crippen molar-refractivity contribution in [2.45, 2.75) is 12.8 Å². The van der Waals surface area contributed by atoms with E-state index in [0.29, 0.717) is 6.92 Å². The maximum Gasteiger partial charge on any atom is 0.273 e. The van der Waals surface area contributed by atoms with Crippen LogP contribution < -0.4 is 0 Å². The van der Waals surface area contributed by atoms with Gasteiger partial charge in [0.05, 0.1) is 15.6 Å². The fourth-order valence-corrected chi connectivity index (χ4v) is 1.63. The highest BCUT2D eigenvalue weighted by Crippen LogP contribution is 2.38. The number of hydrogen-bond acceptors (Lipinski definition) is 0. The van der Waals surface area contributed by atoms with Crippen LogP contribution in [-0.2, 0) is 5.92 Å². The molecule has 0 radical (unpaired) electrons. The smallest absolute Gasteiger partial charge is 0.205 e. The molecule has 13 heavy (non-hydrogen) atoms. The van der Waals surface area contributed by atoms with Crippen LogP contribution in [0.15, 0.2) is 12.1 Å². The molecule has 0 saturated heterocycles. The lowest BCUT2D eigenvalue weighted by Crippen LogP contribution is -2.09. The molecule has 0 aliphatic rings. The van der Waals surface area contributed by atoms with Gasteiger partial charge in [-0.2, -0.15) is 0 Å². The second kappa shape index (κ2) is 3.39. The Balaban J connectivity index is 3.43. The summed E-state index contributed by atoms with van der Waals surface area (Å²) in [6.45, 7) is 0.611. The molecule has 1 aromatic rings. The first-order chi connectivity index (χ1) is 5.84. The first-order valence-corrected chi connectivity index (χ1v) is 4.11. The van der Waals surface area contributed by atoms with E-state index in [0.717, 1.165) is 12.1 Å². The van der Waals surface area contributed by atoms with Crippen molar-refractivity contribution < 1.29 is 13.2 Å². The Morgan fingerprint density at radius 1 is 1.23 bits per heavy atom. The van der Waals surface area contributed by atoms with Gasteiger partial charge in [0, 0.05) is 6.92 Å². The van der Waals surface area contributed by atoms with Crippen molar-refractivity contribution >= 4 is 23.2 Å². The zero-order valence-corrected chi connectivity index (χ0v) is 8.06. The van der Waals surface area contributed by atoms with Gasteiger partial charge in [-0.3, -0.25) is 0 Å². The monoisotopic (exact) mass is 228 g/mol. The van der Waals surface area contributed by atoms with Crippen LogP contribution in [0.3, 0.4) is 0 Å². The Morgan fingerprint density at radius 3 is 2.15 bits per heavy atom. The molecule has 0 unspecified atom stereocenters. The highest BCUT2D eigenvalue weighted by molar-refractivity contribution is 6.36. The zero-order chi connectivity index (χ0) is 10.2. The lowest BCUT2D eigenvalue weighted by molar-refractivity contribution is 0.0174. The topological polar surface area (TPSA) is 0 Å². The van der Waals surface area contributed by atoms with Crippen LogP contribution in [0.25, 0.3) is 0 Å². The van der Waals surface area contributed by atoms with E-state index in [9.17, 15) is 13.2 Å².